The molecule has 6 heteroatoms. The number of ether oxygens (including phenoxy) is 1. The lowest BCUT2D eigenvalue weighted by molar-refractivity contribution is -0.136. The average Bonchev–Trinajstić information content (AvgIpc) is 2.66. The summed E-state index contributed by atoms with van der Waals surface area (Å²) in [5.74, 6) is -0.702. The number of pyridine rings is 1. The maximum absolute atomic E-state index is 12.1. The Morgan fingerprint density at radius 1 is 1.00 bits per heavy atom. The highest BCUT2D eigenvalue weighted by Gasteiger charge is 2.15. The van der Waals surface area contributed by atoms with Crippen LogP contribution < -0.4 is 15.4 Å². The van der Waals surface area contributed by atoms with Crippen molar-refractivity contribution in [2.75, 3.05) is 12.4 Å². The third-order valence-electron chi connectivity index (χ3n) is 3.70. The van der Waals surface area contributed by atoms with Crippen LogP contribution in [0.5, 0.6) is 5.75 Å². The molecule has 0 unspecified atom stereocenters. The molecule has 0 atom stereocenters. The number of aromatic nitrogens is 1. The zero-order valence-electron chi connectivity index (χ0n) is 13.7. The van der Waals surface area contributed by atoms with Crippen molar-refractivity contribution < 1.29 is 14.3 Å². The first-order chi connectivity index (χ1) is 12.2. The van der Waals surface area contributed by atoms with Crippen molar-refractivity contribution in [2.24, 2.45) is 0 Å². The van der Waals surface area contributed by atoms with Crippen LogP contribution in [-0.2, 0) is 16.1 Å². The van der Waals surface area contributed by atoms with E-state index in [-0.39, 0.29) is 6.54 Å². The first-order valence-electron chi connectivity index (χ1n) is 7.73. The molecule has 1 heterocycles. The molecule has 3 aromatic rings. The summed E-state index contributed by atoms with van der Waals surface area (Å²) < 4.78 is 5.08. The SMILES string of the molecule is COc1ccc(CNC(=O)C(=O)Nc2cccc3cccnc23)cc1. The number of carbonyl (C=O) groups excluding carboxylic acids is 2. The van der Waals surface area contributed by atoms with Gasteiger partial charge in [-0.2, -0.15) is 0 Å². The number of rotatable bonds is 4. The number of para-hydroxylation sites is 1. The third kappa shape index (κ3) is 3.92. The standard InChI is InChI=1S/C19H17N3O3/c1-25-15-9-7-13(8-10-15)12-21-18(23)19(24)22-16-6-2-4-14-5-3-11-20-17(14)16/h2-11H,12H2,1H3,(H,21,23)(H,22,24). The number of fused-ring (bicyclic) bond motifs is 1. The van der Waals surface area contributed by atoms with Crippen LogP contribution in [0.3, 0.4) is 0 Å². The Balaban J connectivity index is 1.63. The second-order valence-electron chi connectivity index (χ2n) is 5.37. The highest BCUT2D eigenvalue weighted by atomic mass is 16.5. The van der Waals surface area contributed by atoms with Gasteiger partial charge in [0.05, 0.1) is 18.3 Å². The lowest BCUT2D eigenvalue weighted by Gasteiger charge is -2.09. The van der Waals surface area contributed by atoms with Gasteiger partial charge in [-0.25, -0.2) is 0 Å². The Hall–Kier alpha value is -3.41. The quantitative estimate of drug-likeness (QED) is 0.718. The number of amides is 2. The number of methoxy groups -OCH3 is 1. The van der Waals surface area contributed by atoms with Crippen LogP contribution in [0.4, 0.5) is 5.69 Å². The van der Waals surface area contributed by atoms with Crippen LogP contribution in [0.1, 0.15) is 5.56 Å². The minimum Gasteiger partial charge on any atom is -0.497 e. The normalized spacial score (nSPS) is 10.3. The van der Waals surface area contributed by atoms with Crippen molar-refractivity contribution in [1.29, 1.82) is 0 Å². The van der Waals surface area contributed by atoms with Crippen molar-refractivity contribution >= 4 is 28.4 Å². The predicted molar refractivity (Wildman–Crippen MR) is 95.2 cm³/mol. The van der Waals surface area contributed by atoms with E-state index in [9.17, 15) is 9.59 Å². The van der Waals surface area contributed by atoms with Gasteiger partial charge in [0.2, 0.25) is 0 Å². The van der Waals surface area contributed by atoms with E-state index < -0.39 is 11.8 Å². The first-order valence-corrected chi connectivity index (χ1v) is 7.73. The van der Waals surface area contributed by atoms with Crippen molar-refractivity contribution in [3.05, 3.63) is 66.4 Å². The number of benzene rings is 2. The van der Waals surface area contributed by atoms with Gasteiger partial charge in [-0.15, -0.1) is 0 Å². The second kappa shape index (κ2) is 7.44. The number of nitrogens with zero attached hydrogens (tertiary/aromatic N) is 1. The third-order valence-corrected chi connectivity index (χ3v) is 3.70. The zero-order chi connectivity index (χ0) is 17.6. The fourth-order valence-electron chi connectivity index (χ4n) is 2.39. The molecule has 0 aliphatic carbocycles. The summed E-state index contributed by atoms with van der Waals surface area (Å²) >= 11 is 0. The van der Waals surface area contributed by atoms with E-state index >= 15 is 0 Å². The lowest BCUT2D eigenvalue weighted by Crippen LogP contribution is -2.35. The summed E-state index contributed by atoms with van der Waals surface area (Å²) in [6.07, 6.45) is 1.64. The summed E-state index contributed by atoms with van der Waals surface area (Å²) in [6.45, 7) is 0.254. The smallest absolute Gasteiger partial charge is 0.313 e. The van der Waals surface area contributed by atoms with E-state index in [4.69, 9.17) is 4.74 Å². The lowest BCUT2D eigenvalue weighted by atomic mass is 10.2. The van der Waals surface area contributed by atoms with Crippen LogP contribution in [0, 0.1) is 0 Å². The van der Waals surface area contributed by atoms with Crippen LogP contribution >= 0.6 is 0 Å². The Morgan fingerprint density at radius 2 is 1.76 bits per heavy atom. The highest BCUT2D eigenvalue weighted by molar-refractivity contribution is 6.40. The Labute approximate surface area is 144 Å². The molecule has 0 spiro atoms. The van der Waals surface area contributed by atoms with E-state index in [2.05, 4.69) is 15.6 Å². The van der Waals surface area contributed by atoms with Crippen molar-refractivity contribution in [3.63, 3.8) is 0 Å². The molecule has 2 aromatic carbocycles. The van der Waals surface area contributed by atoms with Gasteiger partial charge in [-0.1, -0.05) is 30.3 Å². The van der Waals surface area contributed by atoms with Gasteiger partial charge in [0.15, 0.2) is 0 Å². The van der Waals surface area contributed by atoms with Gasteiger partial charge in [0.25, 0.3) is 0 Å². The highest BCUT2D eigenvalue weighted by Crippen LogP contribution is 2.20. The van der Waals surface area contributed by atoms with Crippen LogP contribution in [0.2, 0.25) is 0 Å². The van der Waals surface area contributed by atoms with Crippen molar-refractivity contribution in [3.8, 4) is 5.75 Å². The zero-order valence-corrected chi connectivity index (χ0v) is 13.7. The predicted octanol–water partition coefficient (Wildman–Crippen LogP) is 2.50. The summed E-state index contributed by atoms with van der Waals surface area (Å²) in [4.78, 5) is 28.4. The Morgan fingerprint density at radius 3 is 2.52 bits per heavy atom. The minimum atomic E-state index is -0.730. The molecule has 2 amide bonds. The molecule has 0 aliphatic rings. The number of carbonyl (C=O) groups is 2. The number of hydrogen-bond donors (Lipinski definition) is 2. The molecule has 25 heavy (non-hydrogen) atoms. The molecular weight excluding hydrogens is 318 g/mol. The van der Waals surface area contributed by atoms with Crippen LogP contribution in [-0.4, -0.2) is 23.9 Å². The molecule has 6 nitrogen and oxygen atoms in total. The van der Waals surface area contributed by atoms with Crippen molar-refractivity contribution in [2.45, 2.75) is 6.54 Å². The van der Waals surface area contributed by atoms with E-state index in [0.717, 1.165) is 16.7 Å². The molecule has 3 rings (SSSR count). The van der Waals surface area contributed by atoms with Gasteiger partial charge in [0, 0.05) is 18.1 Å². The summed E-state index contributed by atoms with van der Waals surface area (Å²) in [5.41, 5.74) is 2.01. The molecule has 0 saturated heterocycles. The first kappa shape index (κ1) is 16.4. The molecule has 0 bridgehead atoms. The molecular formula is C19H17N3O3. The molecule has 0 radical (unpaired) electrons. The second-order valence-corrected chi connectivity index (χ2v) is 5.37. The Bertz CT molecular complexity index is 902. The van der Waals surface area contributed by atoms with Gasteiger partial charge in [0.1, 0.15) is 5.75 Å². The van der Waals surface area contributed by atoms with E-state index in [1.165, 1.54) is 0 Å². The van der Waals surface area contributed by atoms with Crippen LogP contribution in [0.15, 0.2) is 60.8 Å². The van der Waals surface area contributed by atoms with Gasteiger partial charge in [-0.3, -0.25) is 14.6 Å². The summed E-state index contributed by atoms with van der Waals surface area (Å²) in [6, 6.07) is 16.3. The minimum absolute atomic E-state index is 0.254. The maximum Gasteiger partial charge on any atom is 0.313 e. The van der Waals surface area contributed by atoms with Crippen molar-refractivity contribution in [1.82, 2.24) is 10.3 Å². The molecule has 2 N–H and O–H groups in total. The molecule has 1 aromatic heterocycles. The van der Waals surface area contributed by atoms with Gasteiger partial charge >= 0.3 is 11.8 Å². The number of nitrogens with one attached hydrogen (secondary N) is 2. The average molecular weight is 335 g/mol. The molecule has 126 valence electrons. The summed E-state index contributed by atoms with van der Waals surface area (Å²) in [7, 11) is 1.59. The molecule has 0 fully saturated rings. The maximum atomic E-state index is 12.1. The number of hydrogen-bond acceptors (Lipinski definition) is 4. The topological polar surface area (TPSA) is 80.3 Å². The molecule has 0 aliphatic heterocycles. The number of anilines is 1. The van der Waals surface area contributed by atoms with E-state index in [0.29, 0.717) is 11.2 Å². The Kier molecular flexibility index (Phi) is 4.89. The largest absolute Gasteiger partial charge is 0.497 e. The van der Waals surface area contributed by atoms with E-state index in [1.807, 2.05) is 30.3 Å². The fourth-order valence-corrected chi connectivity index (χ4v) is 2.39. The summed E-state index contributed by atoms with van der Waals surface area (Å²) in [5, 5.41) is 6.09. The molecule has 0 saturated carbocycles. The van der Waals surface area contributed by atoms with Crippen LogP contribution in [0.25, 0.3) is 10.9 Å². The monoisotopic (exact) mass is 335 g/mol. The van der Waals surface area contributed by atoms with E-state index in [1.54, 1.807) is 37.6 Å². The van der Waals surface area contributed by atoms with Gasteiger partial charge in [-0.05, 0) is 29.8 Å². The fraction of sp³-hybridized carbons (Fsp3) is 0.105. The van der Waals surface area contributed by atoms with Gasteiger partial charge < -0.3 is 15.4 Å².